The van der Waals surface area contributed by atoms with Gasteiger partial charge in [0.15, 0.2) is 5.82 Å². The third-order valence-corrected chi connectivity index (χ3v) is 16.1. The standard InChI is InChI=1S/C54H62ClFN7O8PS/c1-33-40-15-17-43(48(33)55)69-39(29-62-24-22-61(5)23-25-62)31-67-38-14-16-42(68-30-37-18-20-57-50(60-37)41-9-8-21-63(41)45(64)19-26-72(6,7)66)35(27-38)28-44(53(65)71-54(2,3)4)70-51-47-46(40)49(73-52(47)59-32-58-51)34-10-12-36(56)13-11-34/h10-18,20,27,32,39,41,44H,8-9,19,21-26,28-31H2,1-7H3/t39-,41-,44-/m1/s1. The maximum absolute atomic E-state index is 14.6. The number of rotatable bonds is 11. The SMILES string of the molecule is Cc1c2ccc(c1Cl)O[C@H](CN1CCN(C)CC1)COc1ccc(OCc3ccnc([C@H]4CCCN4C(=O)CCP(C)(C)=O)n3)c(c1)C[C@H](C(=O)OC(C)(C)C)Oc1ncnc3sc(-c4ccc(F)cc4)c-2c13. The third kappa shape index (κ3) is 12.6. The predicted molar refractivity (Wildman–Crippen MR) is 281 cm³/mol. The van der Waals surface area contributed by atoms with Gasteiger partial charge in [-0.15, -0.1) is 11.3 Å². The number of thiophene rings is 1. The molecule has 0 aliphatic carbocycles. The number of hydrogen-bond donors (Lipinski definition) is 0. The van der Waals surface area contributed by atoms with E-state index in [1.807, 2.05) is 31.2 Å². The molecule has 73 heavy (non-hydrogen) atoms. The number of fused-ring (bicyclic) bond motifs is 7. The van der Waals surface area contributed by atoms with Gasteiger partial charge in [-0.1, -0.05) is 29.8 Å². The van der Waals surface area contributed by atoms with E-state index >= 15 is 0 Å². The molecule has 3 aromatic carbocycles. The number of carbonyl (C=O) groups is 2. The van der Waals surface area contributed by atoms with Gasteiger partial charge in [-0.05, 0) is 120 Å². The molecule has 7 heterocycles. The molecule has 6 aromatic rings. The molecule has 386 valence electrons. The van der Waals surface area contributed by atoms with Gasteiger partial charge < -0.3 is 38.0 Å². The Balaban J connectivity index is 1.12. The molecule has 4 aliphatic heterocycles. The molecule has 10 rings (SSSR count). The normalized spacial score (nSPS) is 19.0. The molecule has 3 atom stereocenters. The van der Waals surface area contributed by atoms with Crippen molar-refractivity contribution < 1.29 is 42.2 Å². The molecular weight excluding hydrogens is 992 g/mol. The average molecular weight is 1050 g/mol. The lowest BCUT2D eigenvalue weighted by atomic mass is 9.96. The molecule has 3 aromatic heterocycles. The number of benzene rings is 3. The number of likely N-dealkylation sites (tertiary alicyclic amines) is 1. The van der Waals surface area contributed by atoms with Crippen molar-refractivity contribution in [1.29, 1.82) is 0 Å². The van der Waals surface area contributed by atoms with Crippen molar-refractivity contribution in [1.82, 2.24) is 34.6 Å². The Kier molecular flexibility index (Phi) is 15.7. The molecule has 0 N–H and O–H groups in total. The number of halogens is 2. The minimum atomic E-state index is -2.37. The van der Waals surface area contributed by atoms with E-state index in [1.165, 1.54) is 29.8 Å². The van der Waals surface area contributed by atoms with Crippen LogP contribution in [-0.4, -0.2) is 137 Å². The van der Waals surface area contributed by atoms with Crippen molar-refractivity contribution in [3.63, 3.8) is 0 Å². The average Bonchev–Trinajstić information content (AvgIpc) is 4.00. The quantitative estimate of drug-likeness (QED) is 0.0892. The predicted octanol–water partition coefficient (Wildman–Crippen LogP) is 9.89. The fraction of sp³-hybridized carbons (Fsp3) is 0.444. The number of piperazine rings is 1. The number of esters is 1. The highest BCUT2D eigenvalue weighted by Crippen LogP contribution is 2.50. The Bertz CT molecular complexity index is 3030. The lowest BCUT2D eigenvalue weighted by Gasteiger charge is -2.34. The first kappa shape index (κ1) is 52.2. The van der Waals surface area contributed by atoms with Crippen molar-refractivity contribution in [2.45, 2.75) is 83.8 Å². The summed E-state index contributed by atoms with van der Waals surface area (Å²) in [6.07, 6.45) is 3.39. The Morgan fingerprint density at radius 3 is 2.51 bits per heavy atom. The monoisotopic (exact) mass is 1050 g/mol. The zero-order chi connectivity index (χ0) is 51.6. The van der Waals surface area contributed by atoms with Gasteiger partial charge in [0.25, 0.3) is 0 Å². The van der Waals surface area contributed by atoms with Gasteiger partial charge in [0, 0.05) is 80.5 Å². The summed E-state index contributed by atoms with van der Waals surface area (Å²) in [6.45, 7) is 15.6. The van der Waals surface area contributed by atoms with E-state index in [0.717, 1.165) is 54.2 Å². The van der Waals surface area contributed by atoms with Crippen LogP contribution in [0, 0.1) is 12.7 Å². The van der Waals surface area contributed by atoms with E-state index in [-0.39, 0.29) is 49.7 Å². The molecule has 0 spiro atoms. The van der Waals surface area contributed by atoms with Crippen LogP contribution in [0.15, 0.2) is 73.2 Å². The summed E-state index contributed by atoms with van der Waals surface area (Å²) in [6, 6.07) is 17.0. The molecule has 4 bridgehead atoms. The summed E-state index contributed by atoms with van der Waals surface area (Å²) in [5, 5.41) is 0.951. The maximum Gasteiger partial charge on any atom is 0.348 e. The van der Waals surface area contributed by atoms with Crippen LogP contribution < -0.4 is 18.9 Å². The zero-order valence-electron chi connectivity index (χ0n) is 42.4. The number of nitrogens with zero attached hydrogens (tertiary/aromatic N) is 7. The van der Waals surface area contributed by atoms with Crippen LogP contribution >= 0.6 is 30.1 Å². The molecule has 19 heteroatoms. The van der Waals surface area contributed by atoms with Crippen LogP contribution in [0.2, 0.25) is 5.02 Å². The maximum atomic E-state index is 14.6. The van der Waals surface area contributed by atoms with Crippen LogP contribution in [-0.2, 0) is 31.9 Å². The van der Waals surface area contributed by atoms with Gasteiger partial charge in [-0.2, -0.15) is 0 Å². The van der Waals surface area contributed by atoms with E-state index in [0.29, 0.717) is 80.8 Å². The Morgan fingerprint density at radius 2 is 1.75 bits per heavy atom. The second-order valence-electron chi connectivity index (χ2n) is 20.5. The van der Waals surface area contributed by atoms with Crippen LogP contribution in [0.25, 0.3) is 31.8 Å². The largest absolute Gasteiger partial charge is 0.490 e. The first-order chi connectivity index (χ1) is 34.9. The summed E-state index contributed by atoms with van der Waals surface area (Å²) in [5.41, 5.74) is 3.20. The molecule has 4 aliphatic rings. The molecule has 15 nitrogen and oxygen atoms in total. The highest BCUT2D eigenvalue weighted by Gasteiger charge is 2.34. The fourth-order valence-electron chi connectivity index (χ4n) is 9.36. The molecule has 0 radical (unpaired) electrons. The summed E-state index contributed by atoms with van der Waals surface area (Å²) in [4.78, 5) is 54.6. The Labute approximate surface area is 434 Å². The topological polar surface area (TPSA) is 159 Å². The first-order valence-electron chi connectivity index (χ1n) is 24.7. The van der Waals surface area contributed by atoms with E-state index in [2.05, 4.69) is 26.8 Å². The van der Waals surface area contributed by atoms with Gasteiger partial charge in [-0.3, -0.25) is 9.69 Å². The van der Waals surface area contributed by atoms with Crippen molar-refractivity contribution >= 4 is 52.2 Å². The highest BCUT2D eigenvalue weighted by molar-refractivity contribution is 7.62. The molecule has 0 unspecified atom stereocenters. The number of likely N-dealkylation sites (N-methyl/N-ethyl adjacent to an activating group) is 1. The second kappa shape index (κ2) is 22.0. The van der Waals surface area contributed by atoms with Crippen molar-refractivity contribution in [2.75, 3.05) is 72.4 Å². The van der Waals surface area contributed by atoms with Crippen molar-refractivity contribution in [2.24, 2.45) is 0 Å². The number of carbonyl (C=O) groups excluding carboxylic acids is 2. The van der Waals surface area contributed by atoms with E-state index < -0.39 is 30.9 Å². The minimum absolute atomic E-state index is 0.0332. The number of aromatic nitrogens is 4. The summed E-state index contributed by atoms with van der Waals surface area (Å²) < 4.78 is 59.8. The van der Waals surface area contributed by atoms with Crippen molar-refractivity contribution in [3.8, 4) is 44.7 Å². The molecular formula is C54H62ClFN7O8PS. The number of ether oxygens (including phenoxy) is 5. The first-order valence-corrected chi connectivity index (χ1v) is 28.7. The molecule has 2 saturated heterocycles. The van der Waals surface area contributed by atoms with E-state index in [1.54, 1.807) is 69.5 Å². The molecule has 2 fully saturated rings. The number of hydrogen-bond acceptors (Lipinski definition) is 15. The van der Waals surface area contributed by atoms with Crippen LogP contribution in [0.4, 0.5) is 4.39 Å². The zero-order valence-corrected chi connectivity index (χ0v) is 44.8. The highest BCUT2D eigenvalue weighted by atomic mass is 35.5. The van der Waals surface area contributed by atoms with Crippen LogP contribution in [0.3, 0.4) is 0 Å². The van der Waals surface area contributed by atoms with Gasteiger partial charge in [0.2, 0.25) is 17.9 Å². The van der Waals surface area contributed by atoms with Gasteiger partial charge in [-0.25, -0.2) is 29.1 Å². The Hall–Kier alpha value is -5.71. The molecule has 0 saturated carbocycles. The summed E-state index contributed by atoms with van der Waals surface area (Å²) in [5.74, 6) is 1.02. The second-order valence-corrected chi connectivity index (χ2v) is 25.5. The Morgan fingerprint density at radius 1 is 0.973 bits per heavy atom. The minimum Gasteiger partial charge on any atom is -0.490 e. The summed E-state index contributed by atoms with van der Waals surface area (Å²) in [7, 11) is -0.249. The van der Waals surface area contributed by atoms with Crippen LogP contribution in [0.1, 0.15) is 68.7 Å². The van der Waals surface area contributed by atoms with E-state index in [9.17, 15) is 18.5 Å². The van der Waals surface area contributed by atoms with Crippen LogP contribution in [0.5, 0.6) is 23.1 Å². The van der Waals surface area contributed by atoms with Gasteiger partial charge >= 0.3 is 5.97 Å². The van der Waals surface area contributed by atoms with E-state index in [4.69, 9.17) is 45.3 Å². The van der Waals surface area contributed by atoms with Gasteiger partial charge in [0.1, 0.15) is 59.1 Å². The smallest absolute Gasteiger partial charge is 0.348 e. The fourth-order valence-corrected chi connectivity index (χ4v) is 11.5. The summed E-state index contributed by atoms with van der Waals surface area (Å²) >= 11 is 8.71. The molecule has 1 amide bonds. The third-order valence-electron chi connectivity index (χ3n) is 13.2. The van der Waals surface area contributed by atoms with Crippen molar-refractivity contribution in [3.05, 3.63) is 107 Å². The lowest BCUT2D eigenvalue weighted by molar-refractivity contribution is -0.163. The lowest BCUT2D eigenvalue weighted by Crippen LogP contribution is -2.49. The number of amides is 1. The van der Waals surface area contributed by atoms with Gasteiger partial charge in [0.05, 0.1) is 29.3 Å².